The van der Waals surface area contributed by atoms with Crippen molar-refractivity contribution in [2.24, 2.45) is 11.8 Å². The summed E-state index contributed by atoms with van der Waals surface area (Å²) in [6.45, 7) is 2.10. The van der Waals surface area contributed by atoms with Crippen LogP contribution in [0.3, 0.4) is 0 Å². The van der Waals surface area contributed by atoms with Gasteiger partial charge in [0, 0.05) is 0 Å². The summed E-state index contributed by atoms with van der Waals surface area (Å²) in [4.78, 5) is 0. The van der Waals surface area contributed by atoms with Gasteiger partial charge in [0.15, 0.2) is 0 Å². The average Bonchev–Trinajstić information content (AvgIpc) is 2.46. The van der Waals surface area contributed by atoms with E-state index in [2.05, 4.69) is 13.0 Å². The van der Waals surface area contributed by atoms with Gasteiger partial charge in [-0.1, -0.05) is 13.3 Å². The van der Waals surface area contributed by atoms with E-state index in [4.69, 9.17) is 4.74 Å². The molecule has 0 aromatic heterocycles. The molecule has 0 radical (unpaired) electrons. The quantitative estimate of drug-likeness (QED) is 0.802. The van der Waals surface area contributed by atoms with E-state index in [0.29, 0.717) is 11.7 Å². The number of hydrogen-bond acceptors (Lipinski definition) is 2. The molecule has 3 unspecified atom stereocenters. The Labute approximate surface area is 122 Å². The number of alkyl halides is 3. The fourth-order valence-electron chi connectivity index (χ4n) is 2.76. The topological polar surface area (TPSA) is 33.0 Å². The third-order valence-corrected chi connectivity index (χ3v) is 4.11. The maximum Gasteiger partial charge on any atom is 0.416 e. The van der Waals surface area contributed by atoms with E-state index in [0.717, 1.165) is 37.8 Å². The number of benzene rings is 1. The minimum Gasteiger partial charge on any atom is -0.489 e. The molecule has 3 atom stereocenters. The molecule has 1 aromatic carbocycles. The van der Waals surface area contributed by atoms with Gasteiger partial charge in [-0.05, 0) is 49.4 Å². The second-order valence-corrected chi connectivity index (χ2v) is 5.50. The Balaban J connectivity index is 2.07. The molecule has 5 heteroatoms. The van der Waals surface area contributed by atoms with Crippen molar-refractivity contribution < 1.29 is 17.9 Å². The van der Waals surface area contributed by atoms with Gasteiger partial charge in [0.1, 0.15) is 11.9 Å². The summed E-state index contributed by atoms with van der Waals surface area (Å²) in [5.74, 6) is 0.731. The SMILES string of the molecule is CCC1CCC(C#N)C(Oc2ccc(C(F)(F)F)cc2)C1. The summed E-state index contributed by atoms with van der Waals surface area (Å²) in [7, 11) is 0. The van der Waals surface area contributed by atoms with Gasteiger partial charge in [-0.3, -0.25) is 0 Å². The van der Waals surface area contributed by atoms with Crippen molar-refractivity contribution in [3.63, 3.8) is 0 Å². The largest absolute Gasteiger partial charge is 0.489 e. The molecule has 114 valence electrons. The highest BCUT2D eigenvalue weighted by atomic mass is 19.4. The molecule has 2 nitrogen and oxygen atoms in total. The summed E-state index contributed by atoms with van der Waals surface area (Å²) in [5, 5.41) is 9.17. The van der Waals surface area contributed by atoms with Crippen molar-refractivity contribution in [2.45, 2.75) is 44.9 Å². The highest BCUT2D eigenvalue weighted by Crippen LogP contribution is 2.34. The summed E-state index contributed by atoms with van der Waals surface area (Å²) in [6.07, 6.45) is -0.945. The first-order valence-corrected chi connectivity index (χ1v) is 7.17. The maximum atomic E-state index is 12.5. The third-order valence-electron chi connectivity index (χ3n) is 4.11. The van der Waals surface area contributed by atoms with Gasteiger partial charge in [-0.15, -0.1) is 0 Å². The first-order chi connectivity index (χ1) is 9.94. The Bertz CT molecular complexity index is 504. The molecule has 0 spiro atoms. The Hall–Kier alpha value is -1.70. The van der Waals surface area contributed by atoms with Crippen LogP contribution >= 0.6 is 0 Å². The lowest BCUT2D eigenvalue weighted by atomic mass is 9.79. The number of nitriles is 1. The molecule has 2 rings (SSSR count). The lowest BCUT2D eigenvalue weighted by Crippen LogP contribution is -2.33. The maximum absolute atomic E-state index is 12.5. The van der Waals surface area contributed by atoms with E-state index >= 15 is 0 Å². The molecule has 1 aliphatic rings. The van der Waals surface area contributed by atoms with Crippen LogP contribution in [0.1, 0.15) is 38.2 Å². The normalized spacial score (nSPS) is 26.1. The Morgan fingerprint density at radius 3 is 2.43 bits per heavy atom. The summed E-state index contributed by atoms with van der Waals surface area (Å²) in [5.41, 5.74) is -0.693. The second kappa shape index (κ2) is 6.38. The molecule has 1 saturated carbocycles. The predicted octanol–water partition coefficient (Wildman–Crippen LogP) is 4.80. The van der Waals surface area contributed by atoms with Crippen molar-refractivity contribution in [2.75, 3.05) is 0 Å². The van der Waals surface area contributed by atoms with Crippen LogP contribution in [0.2, 0.25) is 0 Å². The van der Waals surface area contributed by atoms with Crippen molar-refractivity contribution in [3.8, 4) is 11.8 Å². The van der Waals surface area contributed by atoms with Crippen molar-refractivity contribution in [1.29, 1.82) is 5.26 Å². The molecular weight excluding hydrogens is 279 g/mol. The molecule has 0 amide bonds. The molecule has 0 bridgehead atoms. The van der Waals surface area contributed by atoms with Crippen LogP contribution in [0.25, 0.3) is 0 Å². The van der Waals surface area contributed by atoms with Gasteiger partial charge in [0.05, 0.1) is 17.6 Å². The van der Waals surface area contributed by atoms with E-state index in [1.54, 1.807) is 0 Å². The molecule has 1 aliphatic carbocycles. The summed E-state index contributed by atoms with van der Waals surface area (Å²) >= 11 is 0. The van der Waals surface area contributed by atoms with Gasteiger partial charge >= 0.3 is 6.18 Å². The van der Waals surface area contributed by atoms with Gasteiger partial charge in [0.25, 0.3) is 0 Å². The van der Waals surface area contributed by atoms with E-state index in [9.17, 15) is 18.4 Å². The van der Waals surface area contributed by atoms with E-state index < -0.39 is 11.7 Å². The molecular formula is C16H18F3NO. The van der Waals surface area contributed by atoms with Crippen molar-refractivity contribution in [1.82, 2.24) is 0 Å². The lowest BCUT2D eigenvalue weighted by Gasteiger charge is -2.32. The van der Waals surface area contributed by atoms with Gasteiger partial charge in [0.2, 0.25) is 0 Å². The minimum atomic E-state index is -4.34. The summed E-state index contributed by atoms with van der Waals surface area (Å²) < 4.78 is 43.3. The number of nitrogens with zero attached hydrogens (tertiary/aromatic N) is 1. The zero-order valence-electron chi connectivity index (χ0n) is 11.9. The van der Waals surface area contributed by atoms with Gasteiger partial charge in [-0.25, -0.2) is 0 Å². The smallest absolute Gasteiger partial charge is 0.416 e. The minimum absolute atomic E-state index is 0.185. The molecule has 1 fully saturated rings. The standard InChI is InChI=1S/C16H18F3NO/c1-2-11-3-4-12(10-20)15(9-11)21-14-7-5-13(6-8-14)16(17,18)19/h5-8,11-12,15H,2-4,9H2,1H3. The number of hydrogen-bond donors (Lipinski definition) is 0. The molecule has 0 N–H and O–H groups in total. The van der Waals surface area contributed by atoms with E-state index in [1.165, 1.54) is 12.1 Å². The molecule has 1 aromatic rings. The van der Waals surface area contributed by atoms with Gasteiger partial charge in [-0.2, -0.15) is 18.4 Å². The van der Waals surface area contributed by atoms with Crippen LogP contribution in [0.15, 0.2) is 24.3 Å². The summed E-state index contributed by atoms with van der Waals surface area (Å²) in [6, 6.07) is 6.92. The fraction of sp³-hybridized carbons (Fsp3) is 0.562. The Kier molecular flexibility index (Phi) is 4.76. The first-order valence-electron chi connectivity index (χ1n) is 7.17. The molecule has 0 aliphatic heterocycles. The highest BCUT2D eigenvalue weighted by molar-refractivity contribution is 5.29. The highest BCUT2D eigenvalue weighted by Gasteiger charge is 2.32. The van der Waals surface area contributed by atoms with E-state index in [-0.39, 0.29) is 12.0 Å². The molecule has 0 saturated heterocycles. The third kappa shape index (κ3) is 3.90. The number of rotatable bonds is 3. The first kappa shape index (κ1) is 15.7. The van der Waals surface area contributed by atoms with Crippen LogP contribution in [0, 0.1) is 23.2 Å². The van der Waals surface area contributed by atoms with Gasteiger partial charge < -0.3 is 4.74 Å². The van der Waals surface area contributed by atoms with Crippen LogP contribution in [-0.4, -0.2) is 6.10 Å². The van der Waals surface area contributed by atoms with E-state index in [1.807, 2.05) is 0 Å². The lowest BCUT2D eigenvalue weighted by molar-refractivity contribution is -0.137. The zero-order chi connectivity index (χ0) is 15.5. The fourth-order valence-corrected chi connectivity index (χ4v) is 2.76. The van der Waals surface area contributed by atoms with Crippen LogP contribution in [-0.2, 0) is 6.18 Å². The number of halogens is 3. The van der Waals surface area contributed by atoms with Crippen molar-refractivity contribution in [3.05, 3.63) is 29.8 Å². The van der Waals surface area contributed by atoms with Crippen LogP contribution in [0.4, 0.5) is 13.2 Å². The van der Waals surface area contributed by atoms with Crippen molar-refractivity contribution >= 4 is 0 Å². The molecule has 0 heterocycles. The number of ether oxygens (including phenoxy) is 1. The predicted molar refractivity (Wildman–Crippen MR) is 72.6 cm³/mol. The zero-order valence-corrected chi connectivity index (χ0v) is 11.9. The monoisotopic (exact) mass is 297 g/mol. The Morgan fingerprint density at radius 1 is 1.24 bits per heavy atom. The average molecular weight is 297 g/mol. The van der Waals surface area contributed by atoms with Crippen LogP contribution in [0.5, 0.6) is 5.75 Å². The van der Waals surface area contributed by atoms with Crippen LogP contribution < -0.4 is 4.74 Å². The molecule has 21 heavy (non-hydrogen) atoms. The second-order valence-electron chi connectivity index (χ2n) is 5.50. The Morgan fingerprint density at radius 2 is 1.90 bits per heavy atom.